The Balaban J connectivity index is 2.20. The molecule has 142 valence electrons. The third kappa shape index (κ3) is 5.08. The van der Waals surface area contributed by atoms with Crippen molar-refractivity contribution in [2.45, 2.75) is 33.6 Å². The topological polar surface area (TPSA) is 88.4 Å². The molecule has 0 radical (unpaired) electrons. The number of benzene rings is 1. The Morgan fingerprint density at radius 3 is 2.74 bits per heavy atom. The fourth-order valence-corrected chi connectivity index (χ4v) is 3.41. The maximum absolute atomic E-state index is 12.6. The van der Waals surface area contributed by atoms with E-state index in [1.54, 1.807) is 38.1 Å². The lowest BCUT2D eigenvalue weighted by molar-refractivity contribution is 0.0531. The minimum Gasteiger partial charge on any atom is -0.494 e. The summed E-state index contributed by atoms with van der Waals surface area (Å²) in [7, 11) is 0. The van der Waals surface area contributed by atoms with Crippen LogP contribution in [0.2, 0.25) is 0 Å². The van der Waals surface area contributed by atoms with Gasteiger partial charge in [0, 0.05) is 5.56 Å². The fraction of sp³-hybridized carbons (Fsp3) is 0.350. The summed E-state index contributed by atoms with van der Waals surface area (Å²) in [4.78, 5) is 24.9. The van der Waals surface area contributed by atoms with Crippen molar-refractivity contribution < 1.29 is 19.1 Å². The molecule has 0 unspecified atom stereocenters. The van der Waals surface area contributed by atoms with Crippen LogP contribution in [0.15, 0.2) is 24.3 Å². The van der Waals surface area contributed by atoms with E-state index in [4.69, 9.17) is 9.47 Å². The van der Waals surface area contributed by atoms with Crippen molar-refractivity contribution in [2.24, 2.45) is 0 Å². The molecular formula is C20H22N2O4S. The normalized spacial score (nSPS) is 10.1. The lowest BCUT2D eigenvalue weighted by Gasteiger charge is -2.08. The zero-order chi connectivity index (χ0) is 19.8. The molecule has 1 aromatic heterocycles. The molecule has 0 saturated carbocycles. The first-order chi connectivity index (χ1) is 13.0. The van der Waals surface area contributed by atoms with E-state index in [0.717, 1.165) is 24.2 Å². The first-order valence-electron chi connectivity index (χ1n) is 8.76. The summed E-state index contributed by atoms with van der Waals surface area (Å²) < 4.78 is 10.6. The van der Waals surface area contributed by atoms with Crippen LogP contribution in [0.4, 0.5) is 5.00 Å². The van der Waals surface area contributed by atoms with Crippen molar-refractivity contribution in [3.63, 3.8) is 0 Å². The number of nitriles is 1. The minimum absolute atomic E-state index is 0.241. The smallest absolute Gasteiger partial charge is 0.348 e. The minimum atomic E-state index is -0.497. The third-order valence-electron chi connectivity index (χ3n) is 3.81. The van der Waals surface area contributed by atoms with E-state index in [0.29, 0.717) is 33.4 Å². The van der Waals surface area contributed by atoms with Crippen LogP contribution >= 0.6 is 11.3 Å². The molecule has 1 aromatic carbocycles. The number of nitrogens with one attached hydrogen (secondary N) is 1. The van der Waals surface area contributed by atoms with E-state index >= 15 is 0 Å². The average molecular weight is 386 g/mol. The molecule has 0 aliphatic carbocycles. The van der Waals surface area contributed by atoms with Crippen LogP contribution in [-0.4, -0.2) is 25.1 Å². The highest BCUT2D eigenvalue weighted by molar-refractivity contribution is 7.18. The Morgan fingerprint density at radius 1 is 1.30 bits per heavy atom. The van der Waals surface area contributed by atoms with Gasteiger partial charge in [0.2, 0.25) is 0 Å². The number of thiophene rings is 1. The average Bonchev–Trinajstić information content (AvgIpc) is 2.97. The van der Waals surface area contributed by atoms with Gasteiger partial charge in [-0.25, -0.2) is 4.79 Å². The van der Waals surface area contributed by atoms with Crippen LogP contribution in [0.5, 0.6) is 5.75 Å². The Kier molecular flexibility index (Phi) is 7.38. The largest absolute Gasteiger partial charge is 0.494 e. The number of carbonyl (C=O) groups is 2. The second kappa shape index (κ2) is 9.74. The second-order valence-electron chi connectivity index (χ2n) is 5.78. The lowest BCUT2D eigenvalue weighted by Crippen LogP contribution is -2.12. The number of esters is 1. The van der Waals surface area contributed by atoms with Crippen molar-refractivity contribution in [1.29, 1.82) is 5.26 Å². The van der Waals surface area contributed by atoms with E-state index in [1.165, 1.54) is 0 Å². The number of rotatable bonds is 8. The van der Waals surface area contributed by atoms with Gasteiger partial charge in [-0.3, -0.25) is 4.79 Å². The van der Waals surface area contributed by atoms with Crippen LogP contribution in [0, 0.1) is 18.3 Å². The van der Waals surface area contributed by atoms with Gasteiger partial charge in [-0.2, -0.15) is 5.26 Å². The monoisotopic (exact) mass is 386 g/mol. The Hall–Kier alpha value is -2.85. The molecule has 1 amide bonds. The molecule has 0 aliphatic rings. The van der Waals surface area contributed by atoms with Gasteiger partial charge in [-0.05, 0) is 44.0 Å². The third-order valence-corrected chi connectivity index (χ3v) is 5.00. The molecule has 6 nitrogen and oxygen atoms in total. The Bertz CT molecular complexity index is 867. The number of ether oxygens (including phenoxy) is 2. The number of amides is 1. The molecule has 2 rings (SSSR count). The molecule has 0 aliphatic heterocycles. The van der Waals surface area contributed by atoms with Gasteiger partial charge >= 0.3 is 5.97 Å². The van der Waals surface area contributed by atoms with Gasteiger partial charge in [0.15, 0.2) is 0 Å². The number of anilines is 1. The van der Waals surface area contributed by atoms with Crippen LogP contribution in [0.25, 0.3) is 0 Å². The molecule has 0 spiro atoms. The molecular weight excluding hydrogens is 364 g/mol. The summed E-state index contributed by atoms with van der Waals surface area (Å²) in [5.41, 5.74) is 1.19. The summed E-state index contributed by atoms with van der Waals surface area (Å²) in [6.45, 7) is 6.29. The molecule has 0 atom stereocenters. The quantitative estimate of drug-likeness (QED) is 0.532. The molecule has 27 heavy (non-hydrogen) atoms. The summed E-state index contributed by atoms with van der Waals surface area (Å²) in [5.74, 6) is -0.251. The van der Waals surface area contributed by atoms with E-state index in [2.05, 4.69) is 12.2 Å². The number of carbonyl (C=O) groups excluding carboxylic acids is 2. The van der Waals surface area contributed by atoms with Crippen molar-refractivity contribution in [1.82, 2.24) is 0 Å². The fourth-order valence-electron chi connectivity index (χ4n) is 2.36. The van der Waals surface area contributed by atoms with E-state index < -0.39 is 5.97 Å². The van der Waals surface area contributed by atoms with Gasteiger partial charge in [-0.1, -0.05) is 19.4 Å². The van der Waals surface area contributed by atoms with Gasteiger partial charge in [0.1, 0.15) is 21.7 Å². The standard InChI is InChI=1S/C20H22N2O4S/c1-4-6-10-26-15-9-7-8-14(11-15)18(23)22-19-16(12-21)13(3)17(27-19)20(24)25-5-2/h7-9,11H,4-6,10H2,1-3H3,(H,22,23). The molecule has 1 N–H and O–H groups in total. The maximum atomic E-state index is 12.6. The van der Waals surface area contributed by atoms with E-state index in [1.807, 2.05) is 6.07 Å². The van der Waals surface area contributed by atoms with Gasteiger partial charge < -0.3 is 14.8 Å². The highest BCUT2D eigenvalue weighted by atomic mass is 32.1. The molecule has 2 aromatic rings. The maximum Gasteiger partial charge on any atom is 0.348 e. The summed E-state index contributed by atoms with van der Waals surface area (Å²) in [6, 6.07) is 8.91. The van der Waals surface area contributed by atoms with Crippen LogP contribution in [0.3, 0.4) is 0 Å². The van der Waals surface area contributed by atoms with Gasteiger partial charge in [0.25, 0.3) is 5.91 Å². The van der Waals surface area contributed by atoms with Crippen molar-refractivity contribution in [3.05, 3.63) is 45.8 Å². The SMILES string of the molecule is CCCCOc1cccc(C(=O)Nc2sc(C(=O)OCC)c(C)c2C#N)c1. The van der Waals surface area contributed by atoms with Crippen LogP contribution in [0.1, 0.15) is 57.8 Å². The zero-order valence-electron chi connectivity index (χ0n) is 15.6. The summed E-state index contributed by atoms with van der Waals surface area (Å²) in [6.07, 6.45) is 1.96. The first-order valence-corrected chi connectivity index (χ1v) is 9.58. The van der Waals surface area contributed by atoms with Crippen molar-refractivity contribution in [2.75, 3.05) is 18.5 Å². The number of hydrogen-bond donors (Lipinski definition) is 1. The highest BCUT2D eigenvalue weighted by Gasteiger charge is 2.22. The summed E-state index contributed by atoms with van der Waals surface area (Å²) >= 11 is 1.04. The molecule has 7 heteroatoms. The highest BCUT2D eigenvalue weighted by Crippen LogP contribution is 2.33. The van der Waals surface area contributed by atoms with Crippen molar-refractivity contribution in [3.8, 4) is 11.8 Å². The zero-order valence-corrected chi connectivity index (χ0v) is 16.4. The predicted molar refractivity (Wildman–Crippen MR) is 105 cm³/mol. The van der Waals surface area contributed by atoms with Gasteiger partial charge in [0.05, 0.1) is 18.8 Å². The Morgan fingerprint density at radius 2 is 2.07 bits per heavy atom. The van der Waals surface area contributed by atoms with Crippen molar-refractivity contribution >= 4 is 28.2 Å². The van der Waals surface area contributed by atoms with Gasteiger partial charge in [-0.15, -0.1) is 11.3 Å². The lowest BCUT2D eigenvalue weighted by atomic mass is 10.1. The predicted octanol–water partition coefficient (Wildman–Crippen LogP) is 4.54. The molecule has 0 saturated heterocycles. The Labute approximate surface area is 162 Å². The number of unbranched alkanes of at least 4 members (excludes halogenated alkanes) is 1. The first kappa shape index (κ1) is 20.5. The van der Waals surface area contributed by atoms with Crippen LogP contribution in [-0.2, 0) is 4.74 Å². The molecule has 1 heterocycles. The number of hydrogen-bond acceptors (Lipinski definition) is 6. The van der Waals surface area contributed by atoms with E-state index in [-0.39, 0.29) is 18.1 Å². The number of nitrogens with zero attached hydrogens (tertiary/aromatic N) is 1. The second-order valence-corrected chi connectivity index (χ2v) is 6.80. The molecule has 0 fully saturated rings. The van der Waals surface area contributed by atoms with E-state index in [9.17, 15) is 14.9 Å². The molecule has 0 bridgehead atoms. The summed E-state index contributed by atoms with van der Waals surface area (Å²) in [5, 5.41) is 12.5. The van der Waals surface area contributed by atoms with Crippen LogP contribution < -0.4 is 10.1 Å².